The minimum atomic E-state index is -0.351. The third kappa shape index (κ3) is 4.75. The topological polar surface area (TPSA) is 55.4 Å². The molecule has 1 aromatic rings. The number of ether oxygens (including phenoxy) is 1. The summed E-state index contributed by atoms with van der Waals surface area (Å²) in [5, 5.41) is 2.68. The van der Waals surface area contributed by atoms with Crippen LogP contribution in [0.25, 0.3) is 0 Å². The van der Waals surface area contributed by atoms with Crippen molar-refractivity contribution in [2.75, 3.05) is 17.8 Å². The second-order valence-electron chi connectivity index (χ2n) is 3.70. The lowest BCUT2D eigenvalue weighted by Crippen LogP contribution is -2.12. The van der Waals surface area contributed by atoms with Gasteiger partial charge < -0.3 is 10.1 Å². The molecule has 0 spiro atoms. The Morgan fingerprint density at radius 2 is 1.94 bits per heavy atom. The number of esters is 1. The molecule has 18 heavy (non-hydrogen) atoms. The number of nitrogens with one attached hydrogen (secondary N) is 1. The SMILES string of the molecule is CCCOC(=O)c1ccc(NC(=O)CCCl)cc1. The Labute approximate surface area is 111 Å². The molecule has 5 heteroatoms. The van der Waals surface area contributed by atoms with Crippen molar-refractivity contribution in [2.45, 2.75) is 19.8 Å². The maximum atomic E-state index is 11.5. The van der Waals surface area contributed by atoms with E-state index in [-0.39, 0.29) is 24.2 Å². The van der Waals surface area contributed by atoms with Crippen LogP contribution in [0.4, 0.5) is 5.69 Å². The van der Waals surface area contributed by atoms with Crippen molar-refractivity contribution in [1.29, 1.82) is 0 Å². The molecular weight excluding hydrogens is 254 g/mol. The van der Waals surface area contributed by atoms with Crippen LogP contribution < -0.4 is 5.32 Å². The van der Waals surface area contributed by atoms with Crippen LogP contribution in [0.5, 0.6) is 0 Å². The Balaban J connectivity index is 2.57. The van der Waals surface area contributed by atoms with E-state index in [0.29, 0.717) is 17.9 Å². The molecule has 0 aliphatic heterocycles. The van der Waals surface area contributed by atoms with E-state index in [1.165, 1.54) is 0 Å². The number of hydrogen-bond donors (Lipinski definition) is 1. The van der Waals surface area contributed by atoms with E-state index in [4.69, 9.17) is 16.3 Å². The van der Waals surface area contributed by atoms with Crippen molar-refractivity contribution in [3.63, 3.8) is 0 Å². The van der Waals surface area contributed by atoms with E-state index < -0.39 is 0 Å². The largest absolute Gasteiger partial charge is 0.462 e. The standard InChI is InChI=1S/C13H16ClNO3/c1-2-9-18-13(17)10-3-5-11(6-4-10)15-12(16)7-8-14/h3-6H,2,7-9H2,1H3,(H,15,16). The van der Waals surface area contributed by atoms with Crippen molar-refractivity contribution in [2.24, 2.45) is 0 Å². The quantitative estimate of drug-likeness (QED) is 0.638. The molecule has 0 saturated heterocycles. The lowest BCUT2D eigenvalue weighted by Gasteiger charge is -2.06. The molecule has 1 rings (SSSR count). The summed E-state index contributed by atoms with van der Waals surface area (Å²) in [5.74, 6) is -0.213. The molecule has 0 unspecified atom stereocenters. The Morgan fingerprint density at radius 1 is 1.28 bits per heavy atom. The number of carbonyl (C=O) groups excluding carboxylic acids is 2. The van der Waals surface area contributed by atoms with Crippen LogP contribution in [0.3, 0.4) is 0 Å². The zero-order valence-electron chi connectivity index (χ0n) is 10.2. The van der Waals surface area contributed by atoms with Crippen LogP contribution in [-0.4, -0.2) is 24.4 Å². The van der Waals surface area contributed by atoms with Gasteiger partial charge in [0, 0.05) is 18.0 Å². The Bertz CT molecular complexity index is 403. The summed E-state index contributed by atoms with van der Waals surface area (Å²) in [6.45, 7) is 2.34. The number of benzene rings is 1. The fraction of sp³-hybridized carbons (Fsp3) is 0.385. The normalized spacial score (nSPS) is 9.89. The zero-order valence-corrected chi connectivity index (χ0v) is 11.0. The van der Waals surface area contributed by atoms with Gasteiger partial charge >= 0.3 is 5.97 Å². The van der Waals surface area contributed by atoms with Gasteiger partial charge in [-0.15, -0.1) is 11.6 Å². The molecule has 4 nitrogen and oxygen atoms in total. The first-order valence-electron chi connectivity index (χ1n) is 5.80. The lowest BCUT2D eigenvalue weighted by atomic mass is 10.2. The van der Waals surface area contributed by atoms with Crippen molar-refractivity contribution in [1.82, 2.24) is 0 Å². The highest BCUT2D eigenvalue weighted by Gasteiger charge is 2.07. The first-order chi connectivity index (χ1) is 8.67. The minimum absolute atomic E-state index is 0.147. The zero-order chi connectivity index (χ0) is 13.4. The van der Waals surface area contributed by atoms with E-state index in [2.05, 4.69) is 5.32 Å². The average molecular weight is 270 g/mol. The van der Waals surface area contributed by atoms with E-state index in [1.54, 1.807) is 24.3 Å². The van der Waals surface area contributed by atoms with Crippen molar-refractivity contribution < 1.29 is 14.3 Å². The van der Waals surface area contributed by atoms with E-state index in [9.17, 15) is 9.59 Å². The fourth-order valence-electron chi connectivity index (χ4n) is 1.28. The molecule has 1 N–H and O–H groups in total. The summed E-state index contributed by atoms with van der Waals surface area (Å²) in [6, 6.07) is 6.56. The molecule has 0 saturated carbocycles. The number of amides is 1. The summed E-state index contributed by atoms with van der Waals surface area (Å²) >= 11 is 5.46. The number of carbonyl (C=O) groups is 2. The highest BCUT2D eigenvalue weighted by molar-refractivity contribution is 6.19. The van der Waals surface area contributed by atoms with Gasteiger partial charge in [0.15, 0.2) is 0 Å². The molecular formula is C13H16ClNO3. The van der Waals surface area contributed by atoms with Gasteiger partial charge in [0.2, 0.25) is 5.91 Å². The average Bonchev–Trinajstić information content (AvgIpc) is 2.37. The smallest absolute Gasteiger partial charge is 0.338 e. The van der Waals surface area contributed by atoms with Crippen LogP contribution in [0.2, 0.25) is 0 Å². The van der Waals surface area contributed by atoms with Gasteiger partial charge in [0.25, 0.3) is 0 Å². The maximum absolute atomic E-state index is 11.5. The first-order valence-corrected chi connectivity index (χ1v) is 6.33. The minimum Gasteiger partial charge on any atom is -0.462 e. The van der Waals surface area contributed by atoms with E-state index in [0.717, 1.165) is 6.42 Å². The summed E-state index contributed by atoms with van der Waals surface area (Å²) in [5.41, 5.74) is 1.11. The Kier molecular flexibility index (Phi) is 6.22. The third-order valence-electron chi connectivity index (χ3n) is 2.16. The fourth-order valence-corrected chi connectivity index (χ4v) is 1.45. The number of hydrogen-bond acceptors (Lipinski definition) is 3. The second-order valence-corrected chi connectivity index (χ2v) is 4.08. The predicted octanol–water partition coefficient (Wildman–Crippen LogP) is 2.82. The molecule has 0 fully saturated rings. The summed E-state index contributed by atoms with van der Waals surface area (Å²) in [6.07, 6.45) is 1.06. The van der Waals surface area contributed by atoms with Crippen LogP contribution in [0.15, 0.2) is 24.3 Å². The first kappa shape index (κ1) is 14.5. The number of halogens is 1. The van der Waals surface area contributed by atoms with E-state index >= 15 is 0 Å². The summed E-state index contributed by atoms with van der Waals surface area (Å²) in [4.78, 5) is 22.8. The second kappa shape index (κ2) is 7.71. The number of alkyl halides is 1. The van der Waals surface area contributed by atoms with Crippen LogP contribution >= 0.6 is 11.6 Å². The number of anilines is 1. The van der Waals surface area contributed by atoms with Gasteiger partial charge in [0.05, 0.1) is 12.2 Å². The summed E-state index contributed by atoms with van der Waals surface area (Å²) < 4.78 is 4.99. The van der Waals surface area contributed by atoms with Crippen molar-refractivity contribution >= 4 is 29.2 Å². The predicted molar refractivity (Wildman–Crippen MR) is 71.0 cm³/mol. The summed E-state index contributed by atoms with van der Waals surface area (Å²) in [7, 11) is 0. The van der Waals surface area contributed by atoms with Crippen LogP contribution in [-0.2, 0) is 9.53 Å². The molecule has 1 amide bonds. The molecule has 0 heterocycles. The molecule has 98 valence electrons. The molecule has 0 aliphatic carbocycles. The van der Waals surface area contributed by atoms with Crippen LogP contribution in [0, 0.1) is 0 Å². The Morgan fingerprint density at radius 3 is 2.50 bits per heavy atom. The lowest BCUT2D eigenvalue weighted by molar-refractivity contribution is -0.115. The molecule has 0 radical (unpaired) electrons. The van der Waals surface area contributed by atoms with Gasteiger partial charge in [-0.25, -0.2) is 4.79 Å². The van der Waals surface area contributed by atoms with E-state index in [1.807, 2.05) is 6.92 Å². The van der Waals surface area contributed by atoms with Gasteiger partial charge in [0.1, 0.15) is 0 Å². The highest BCUT2D eigenvalue weighted by atomic mass is 35.5. The molecule has 1 aromatic carbocycles. The van der Waals surface area contributed by atoms with Gasteiger partial charge in [-0.2, -0.15) is 0 Å². The highest BCUT2D eigenvalue weighted by Crippen LogP contribution is 2.11. The van der Waals surface area contributed by atoms with Crippen molar-refractivity contribution in [3.8, 4) is 0 Å². The molecule has 0 bridgehead atoms. The maximum Gasteiger partial charge on any atom is 0.338 e. The Hall–Kier alpha value is -1.55. The number of rotatable bonds is 6. The van der Waals surface area contributed by atoms with Gasteiger partial charge in [-0.05, 0) is 30.7 Å². The van der Waals surface area contributed by atoms with Gasteiger partial charge in [-0.1, -0.05) is 6.92 Å². The molecule has 0 aromatic heterocycles. The molecule has 0 atom stereocenters. The van der Waals surface area contributed by atoms with Gasteiger partial charge in [-0.3, -0.25) is 4.79 Å². The third-order valence-corrected chi connectivity index (χ3v) is 2.35. The monoisotopic (exact) mass is 269 g/mol. The van der Waals surface area contributed by atoms with Crippen LogP contribution in [0.1, 0.15) is 30.1 Å². The van der Waals surface area contributed by atoms with Crippen molar-refractivity contribution in [3.05, 3.63) is 29.8 Å². The molecule has 0 aliphatic rings.